The fraction of sp³-hybridized carbons (Fsp3) is 0.636. The molecule has 2 nitrogen and oxygen atoms in total. The maximum atomic E-state index is 5.91. The van der Waals surface area contributed by atoms with E-state index in [0.29, 0.717) is 5.92 Å². The van der Waals surface area contributed by atoms with Crippen LogP contribution in [0.3, 0.4) is 0 Å². The molecule has 0 aromatic carbocycles. The topological polar surface area (TPSA) is 29.3 Å². The first-order valence-electron chi connectivity index (χ1n) is 5.44. The molecule has 1 aromatic heterocycles. The summed E-state index contributed by atoms with van der Waals surface area (Å²) in [6.45, 7) is 4.20. The van der Waals surface area contributed by atoms with Gasteiger partial charge in [-0.15, -0.1) is 11.3 Å². The molecule has 1 saturated heterocycles. The maximum Gasteiger partial charge on any atom is 0.0931 e. The summed E-state index contributed by atoms with van der Waals surface area (Å²) < 4.78 is 0.886. The molecule has 1 aliphatic rings. The molecule has 0 bridgehead atoms. The van der Waals surface area contributed by atoms with Crippen molar-refractivity contribution in [2.45, 2.75) is 19.4 Å². The van der Waals surface area contributed by atoms with Gasteiger partial charge in [0.2, 0.25) is 0 Å². The smallest absolute Gasteiger partial charge is 0.0931 e. The Morgan fingerprint density at radius 3 is 3.07 bits per heavy atom. The van der Waals surface area contributed by atoms with Gasteiger partial charge >= 0.3 is 0 Å². The van der Waals surface area contributed by atoms with Crippen LogP contribution < -0.4 is 5.73 Å². The van der Waals surface area contributed by atoms with Crippen molar-refractivity contribution in [2.24, 2.45) is 11.7 Å². The molecule has 15 heavy (non-hydrogen) atoms. The monoisotopic (exact) mass is 244 g/mol. The Morgan fingerprint density at radius 2 is 2.40 bits per heavy atom. The minimum absolute atomic E-state index is 0.689. The second-order valence-electron chi connectivity index (χ2n) is 4.18. The van der Waals surface area contributed by atoms with Gasteiger partial charge in [-0.2, -0.15) is 0 Å². The van der Waals surface area contributed by atoms with E-state index in [1.54, 1.807) is 11.3 Å². The van der Waals surface area contributed by atoms with Crippen LogP contribution in [0.5, 0.6) is 0 Å². The van der Waals surface area contributed by atoms with Gasteiger partial charge < -0.3 is 5.73 Å². The van der Waals surface area contributed by atoms with Crippen LogP contribution in [-0.4, -0.2) is 24.5 Å². The van der Waals surface area contributed by atoms with Crippen LogP contribution in [0.2, 0.25) is 4.34 Å². The number of hydrogen-bond acceptors (Lipinski definition) is 3. The first-order chi connectivity index (χ1) is 7.28. The van der Waals surface area contributed by atoms with Gasteiger partial charge in [0.1, 0.15) is 0 Å². The van der Waals surface area contributed by atoms with Crippen molar-refractivity contribution in [3.05, 3.63) is 21.3 Å². The summed E-state index contributed by atoms with van der Waals surface area (Å²) in [4.78, 5) is 3.85. The van der Waals surface area contributed by atoms with E-state index in [0.717, 1.165) is 24.0 Å². The van der Waals surface area contributed by atoms with Crippen LogP contribution in [0.4, 0.5) is 0 Å². The quantitative estimate of drug-likeness (QED) is 0.886. The van der Waals surface area contributed by atoms with Gasteiger partial charge in [0.25, 0.3) is 0 Å². The van der Waals surface area contributed by atoms with Crippen LogP contribution in [-0.2, 0) is 6.54 Å². The number of piperidine rings is 1. The maximum absolute atomic E-state index is 5.91. The van der Waals surface area contributed by atoms with Gasteiger partial charge in [-0.25, -0.2) is 0 Å². The Balaban J connectivity index is 1.88. The van der Waals surface area contributed by atoms with Crippen molar-refractivity contribution in [1.82, 2.24) is 4.90 Å². The number of nitrogens with two attached hydrogens (primary N) is 1. The first kappa shape index (κ1) is 11.4. The van der Waals surface area contributed by atoms with Gasteiger partial charge in [0.15, 0.2) is 0 Å². The Bertz CT molecular complexity index is 313. The molecule has 0 amide bonds. The van der Waals surface area contributed by atoms with Crippen LogP contribution in [0.1, 0.15) is 17.7 Å². The fourth-order valence-electron chi connectivity index (χ4n) is 2.14. The van der Waals surface area contributed by atoms with Crippen LogP contribution in [0.25, 0.3) is 0 Å². The second-order valence-corrected chi connectivity index (χ2v) is 5.98. The third-order valence-corrected chi connectivity index (χ3v) is 4.16. The highest BCUT2D eigenvalue weighted by molar-refractivity contribution is 7.16. The largest absolute Gasteiger partial charge is 0.330 e. The molecule has 2 N–H and O–H groups in total. The zero-order chi connectivity index (χ0) is 10.7. The van der Waals surface area contributed by atoms with Gasteiger partial charge in [-0.1, -0.05) is 11.6 Å². The lowest BCUT2D eigenvalue weighted by atomic mass is 9.98. The summed E-state index contributed by atoms with van der Waals surface area (Å²) in [6, 6.07) is 4.10. The van der Waals surface area contributed by atoms with E-state index in [1.165, 1.54) is 24.3 Å². The molecule has 1 unspecified atom stereocenters. The van der Waals surface area contributed by atoms with E-state index < -0.39 is 0 Å². The second kappa shape index (κ2) is 5.30. The minimum Gasteiger partial charge on any atom is -0.330 e. The molecular formula is C11H17ClN2S. The molecule has 2 rings (SSSR count). The van der Waals surface area contributed by atoms with Crippen molar-refractivity contribution in [1.29, 1.82) is 0 Å². The average Bonchev–Trinajstić information content (AvgIpc) is 2.64. The zero-order valence-electron chi connectivity index (χ0n) is 8.79. The first-order valence-corrected chi connectivity index (χ1v) is 6.64. The number of nitrogens with zero attached hydrogens (tertiary/aromatic N) is 1. The highest BCUT2D eigenvalue weighted by Gasteiger charge is 2.18. The molecule has 0 aliphatic carbocycles. The summed E-state index contributed by atoms with van der Waals surface area (Å²) in [5.74, 6) is 0.689. The normalized spacial score (nSPS) is 23.2. The zero-order valence-corrected chi connectivity index (χ0v) is 10.4. The van der Waals surface area contributed by atoms with Crippen LogP contribution >= 0.6 is 22.9 Å². The van der Waals surface area contributed by atoms with E-state index in [9.17, 15) is 0 Å². The molecule has 0 radical (unpaired) electrons. The third kappa shape index (κ3) is 3.18. The summed E-state index contributed by atoms with van der Waals surface area (Å²) >= 11 is 7.60. The lowest BCUT2D eigenvalue weighted by Crippen LogP contribution is -2.37. The average molecular weight is 245 g/mol. The number of rotatable bonds is 3. The van der Waals surface area contributed by atoms with Gasteiger partial charge in [0.05, 0.1) is 4.34 Å². The minimum atomic E-state index is 0.689. The SMILES string of the molecule is NCC1CCCN(Cc2ccc(Cl)s2)C1. The Kier molecular flexibility index (Phi) is 4.03. The van der Waals surface area contributed by atoms with E-state index in [1.807, 2.05) is 6.07 Å². The molecule has 4 heteroatoms. The predicted octanol–water partition coefficient (Wildman–Crippen LogP) is 2.57. The Hall–Kier alpha value is -0.0900. The van der Waals surface area contributed by atoms with E-state index in [-0.39, 0.29) is 0 Å². The molecule has 1 fully saturated rings. The van der Waals surface area contributed by atoms with Crippen molar-refractivity contribution >= 4 is 22.9 Å². The van der Waals surface area contributed by atoms with Crippen molar-refractivity contribution in [3.63, 3.8) is 0 Å². The molecular weight excluding hydrogens is 228 g/mol. The summed E-state index contributed by atoms with van der Waals surface area (Å²) in [6.07, 6.45) is 2.57. The number of thiophene rings is 1. The Labute approximate surface area is 100 Å². The lowest BCUT2D eigenvalue weighted by molar-refractivity contribution is 0.172. The molecule has 1 aliphatic heterocycles. The standard InChI is InChI=1S/C11H17ClN2S/c12-11-4-3-10(15-11)8-14-5-1-2-9(6-13)7-14/h3-4,9H,1-2,5-8,13H2. The van der Waals surface area contributed by atoms with Crippen LogP contribution in [0.15, 0.2) is 12.1 Å². The highest BCUT2D eigenvalue weighted by atomic mass is 35.5. The Morgan fingerprint density at radius 1 is 1.53 bits per heavy atom. The van der Waals surface area contributed by atoms with Gasteiger partial charge in [-0.05, 0) is 44.0 Å². The van der Waals surface area contributed by atoms with E-state index >= 15 is 0 Å². The van der Waals surface area contributed by atoms with Crippen molar-refractivity contribution < 1.29 is 0 Å². The van der Waals surface area contributed by atoms with Gasteiger partial charge in [0, 0.05) is 18.0 Å². The molecule has 84 valence electrons. The molecule has 0 saturated carbocycles. The third-order valence-electron chi connectivity index (χ3n) is 2.94. The summed E-state index contributed by atoms with van der Waals surface area (Å²) in [7, 11) is 0. The van der Waals surface area contributed by atoms with E-state index in [4.69, 9.17) is 17.3 Å². The molecule has 2 heterocycles. The number of likely N-dealkylation sites (tertiary alicyclic amines) is 1. The summed E-state index contributed by atoms with van der Waals surface area (Å²) in [5.41, 5.74) is 5.72. The fourth-order valence-corrected chi connectivity index (χ4v) is 3.27. The van der Waals surface area contributed by atoms with E-state index in [2.05, 4.69) is 11.0 Å². The number of halogens is 1. The molecule has 0 spiro atoms. The summed E-state index contributed by atoms with van der Waals surface area (Å²) in [5, 5.41) is 0. The molecule has 1 atom stereocenters. The lowest BCUT2D eigenvalue weighted by Gasteiger charge is -2.31. The predicted molar refractivity (Wildman–Crippen MR) is 66.4 cm³/mol. The van der Waals surface area contributed by atoms with Crippen molar-refractivity contribution in [3.8, 4) is 0 Å². The number of hydrogen-bond donors (Lipinski definition) is 1. The van der Waals surface area contributed by atoms with Crippen molar-refractivity contribution in [2.75, 3.05) is 19.6 Å². The van der Waals surface area contributed by atoms with Crippen LogP contribution in [0, 0.1) is 5.92 Å². The van der Waals surface area contributed by atoms with Gasteiger partial charge in [-0.3, -0.25) is 4.90 Å². The molecule has 1 aromatic rings. The highest BCUT2D eigenvalue weighted by Crippen LogP contribution is 2.24.